The number of rotatable bonds is 6. The number of nitrogens with zero attached hydrogens (tertiary/aromatic N) is 1. The fraction of sp³-hybridized carbons (Fsp3) is 0.611. The van der Waals surface area contributed by atoms with Crippen LogP contribution in [0.25, 0.3) is 0 Å². The van der Waals surface area contributed by atoms with E-state index in [1.165, 1.54) is 0 Å². The number of carbonyl (C=O) groups excluding carboxylic acids is 1. The lowest BCUT2D eigenvalue weighted by atomic mass is 9.89. The lowest BCUT2D eigenvalue weighted by molar-refractivity contribution is -0.172. The lowest BCUT2D eigenvalue weighted by Crippen LogP contribution is -2.48. The molecule has 0 atom stereocenters. The molecule has 1 heterocycles. The lowest BCUT2D eigenvalue weighted by Gasteiger charge is -2.41. The Balaban J connectivity index is 2.14. The quantitative estimate of drug-likeness (QED) is 0.378. The molecule has 1 aliphatic rings. The molecule has 1 saturated heterocycles. The molecule has 0 N–H and O–H groups in total. The van der Waals surface area contributed by atoms with Gasteiger partial charge in [0.25, 0.3) is 0 Å². The monoisotopic (exact) mass is 479 g/mol. The minimum absolute atomic E-state index is 0.0258. The number of piperidine rings is 1. The Hall–Kier alpha value is -1.40. The Morgan fingerprint density at radius 2 is 1.57 bits per heavy atom. The average Bonchev–Trinajstić information content (AvgIpc) is 2.60. The third-order valence-corrected chi connectivity index (χ3v) is 8.54. The van der Waals surface area contributed by atoms with Crippen LogP contribution in [0.5, 0.6) is 0 Å². The number of benzene rings is 1. The van der Waals surface area contributed by atoms with Gasteiger partial charge in [-0.25, -0.2) is 8.42 Å². The molecule has 1 aliphatic heterocycles. The summed E-state index contributed by atoms with van der Waals surface area (Å²) in [6, 6.07) is 1.22. The van der Waals surface area contributed by atoms with Crippen molar-refractivity contribution in [1.29, 1.82) is 0 Å². The summed E-state index contributed by atoms with van der Waals surface area (Å²) < 4.78 is 96.2. The third-order valence-electron chi connectivity index (χ3n) is 5.46. The van der Waals surface area contributed by atoms with Gasteiger partial charge in [-0.2, -0.15) is 4.31 Å². The van der Waals surface area contributed by atoms with Crippen molar-refractivity contribution in [2.45, 2.75) is 62.3 Å². The second kappa shape index (κ2) is 6.80. The van der Waals surface area contributed by atoms with Gasteiger partial charge < -0.3 is 4.74 Å². The van der Waals surface area contributed by atoms with E-state index < -0.39 is 47.0 Å². The van der Waals surface area contributed by atoms with E-state index in [0.29, 0.717) is 18.6 Å². The molecule has 1 aromatic carbocycles. The van der Waals surface area contributed by atoms with Gasteiger partial charge >= 0.3 is 16.2 Å². The number of halogens is 5. The topological polar surface area (TPSA) is 63.7 Å². The Labute approximate surface area is 173 Å². The molecular weight excluding hydrogens is 453 g/mol. The summed E-state index contributed by atoms with van der Waals surface area (Å²) in [7, 11) is -14.1. The first-order valence-electron chi connectivity index (χ1n) is 9.28. The zero-order valence-corrected chi connectivity index (χ0v) is 18.8. The van der Waals surface area contributed by atoms with Crippen LogP contribution in [0.4, 0.5) is 19.4 Å². The highest BCUT2D eigenvalue weighted by molar-refractivity contribution is 8.45. The molecule has 0 radical (unpaired) electrons. The van der Waals surface area contributed by atoms with Gasteiger partial charge in [-0.1, -0.05) is 26.4 Å². The van der Waals surface area contributed by atoms with Crippen LogP contribution < -0.4 is 0 Å². The van der Waals surface area contributed by atoms with E-state index in [9.17, 15) is 32.6 Å². The summed E-state index contributed by atoms with van der Waals surface area (Å²) in [6.45, 7) is 6.98. The third kappa shape index (κ3) is 5.44. The Morgan fingerprint density at radius 3 is 1.97 bits per heavy atom. The van der Waals surface area contributed by atoms with Crippen molar-refractivity contribution in [3.63, 3.8) is 0 Å². The van der Waals surface area contributed by atoms with Gasteiger partial charge in [0, 0.05) is 25.9 Å². The van der Waals surface area contributed by atoms with Crippen molar-refractivity contribution >= 4 is 26.2 Å². The maximum atomic E-state index is 12.8. The molecular formula is C18H26F5NO4S2. The fourth-order valence-electron chi connectivity index (χ4n) is 2.83. The maximum Gasteiger partial charge on any atom is 0.312 e. The van der Waals surface area contributed by atoms with Gasteiger partial charge in [-0.05, 0) is 51.5 Å². The molecule has 0 unspecified atom stereocenters. The second-order valence-electron chi connectivity index (χ2n) is 8.42. The Kier molecular flexibility index (Phi) is 5.63. The second-order valence-corrected chi connectivity index (χ2v) is 12.8. The predicted molar refractivity (Wildman–Crippen MR) is 104 cm³/mol. The zero-order chi connectivity index (χ0) is 23.3. The van der Waals surface area contributed by atoms with Crippen LogP contribution in [-0.2, 0) is 19.6 Å². The van der Waals surface area contributed by atoms with Crippen LogP contribution >= 0.6 is 10.2 Å². The van der Waals surface area contributed by atoms with Crippen LogP contribution in [0.1, 0.15) is 47.0 Å². The van der Waals surface area contributed by atoms with E-state index in [1.807, 2.05) is 6.92 Å². The van der Waals surface area contributed by atoms with Crippen molar-refractivity contribution in [2.75, 3.05) is 13.1 Å². The van der Waals surface area contributed by atoms with E-state index in [2.05, 4.69) is 0 Å². The number of hydrogen-bond donors (Lipinski definition) is 0. The molecule has 1 aromatic rings. The molecule has 0 bridgehead atoms. The van der Waals surface area contributed by atoms with Gasteiger partial charge in [0.2, 0.25) is 10.0 Å². The zero-order valence-electron chi connectivity index (χ0n) is 17.1. The van der Waals surface area contributed by atoms with Crippen molar-refractivity contribution in [1.82, 2.24) is 4.31 Å². The van der Waals surface area contributed by atoms with E-state index in [-0.39, 0.29) is 38.1 Å². The Bertz CT molecular complexity index is 920. The maximum absolute atomic E-state index is 12.8. The standard InChI is InChI=1S/C18H26F5NO4S2/c1-5-17(2,3)16(25)28-18(4)10-12-24(13-11-18)29(26,27)14-6-8-15(9-7-14)30(19,20,21,22)23/h6-9H,5,10-13H2,1-4H3. The predicted octanol–water partition coefficient (Wildman–Crippen LogP) is 5.87. The fourth-order valence-corrected chi connectivity index (χ4v) is 4.92. The largest absolute Gasteiger partial charge is 0.459 e. The molecule has 0 aliphatic carbocycles. The molecule has 2 rings (SSSR count). The molecule has 5 nitrogen and oxygen atoms in total. The van der Waals surface area contributed by atoms with Crippen LogP contribution in [0.15, 0.2) is 34.1 Å². The van der Waals surface area contributed by atoms with E-state index >= 15 is 0 Å². The van der Waals surface area contributed by atoms with Crippen molar-refractivity contribution < 1.29 is 37.4 Å². The summed E-state index contributed by atoms with van der Waals surface area (Å²) in [5, 5.41) is 0. The van der Waals surface area contributed by atoms with Crippen LogP contribution in [0.3, 0.4) is 0 Å². The number of ether oxygens (including phenoxy) is 1. The van der Waals surface area contributed by atoms with Crippen molar-refractivity contribution in [3.8, 4) is 0 Å². The smallest absolute Gasteiger partial charge is 0.312 e. The molecule has 174 valence electrons. The van der Waals surface area contributed by atoms with Gasteiger partial charge in [0.05, 0.1) is 10.3 Å². The van der Waals surface area contributed by atoms with Crippen LogP contribution in [-0.4, -0.2) is 37.4 Å². The summed E-state index contributed by atoms with van der Waals surface area (Å²) in [4.78, 5) is 9.67. The van der Waals surface area contributed by atoms with Crippen molar-refractivity contribution in [2.24, 2.45) is 5.41 Å². The summed E-state index contributed by atoms with van der Waals surface area (Å²) >= 11 is 0. The Morgan fingerprint density at radius 1 is 1.10 bits per heavy atom. The number of hydrogen-bond acceptors (Lipinski definition) is 4. The molecule has 30 heavy (non-hydrogen) atoms. The molecule has 0 amide bonds. The summed E-state index contributed by atoms with van der Waals surface area (Å²) in [6.07, 6.45) is 0.958. The highest BCUT2D eigenvalue weighted by Crippen LogP contribution is 3.02. The molecule has 0 spiro atoms. The first-order valence-corrected chi connectivity index (χ1v) is 12.7. The van der Waals surface area contributed by atoms with Gasteiger partial charge in [0.1, 0.15) is 10.5 Å². The van der Waals surface area contributed by atoms with Gasteiger partial charge in [0.15, 0.2) is 0 Å². The molecule has 0 aromatic heterocycles. The minimum Gasteiger partial charge on any atom is -0.459 e. The summed E-state index contributed by atoms with van der Waals surface area (Å²) in [5.74, 6) is -0.393. The minimum atomic E-state index is -9.88. The highest BCUT2D eigenvalue weighted by atomic mass is 32.5. The van der Waals surface area contributed by atoms with E-state index in [0.717, 1.165) is 4.31 Å². The molecule has 1 fully saturated rings. The SMILES string of the molecule is CCC(C)(C)C(=O)OC1(C)CCN(S(=O)(=O)c2ccc(S(F)(F)(F)(F)F)cc2)CC1. The van der Waals surface area contributed by atoms with Crippen molar-refractivity contribution in [3.05, 3.63) is 24.3 Å². The molecule has 12 heteroatoms. The van der Waals surface area contributed by atoms with E-state index in [4.69, 9.17) is 4.74 Å². The summed E-state index contributed by atoms with van der Waals surface area (Å²) in [5.41, 5.74) is -1.56. The first kappa shape index (κ1) is 24.9. The number of carbonyl (C=O) groups is 1. The van der Waals surface area contributed by atoms with Gasteiger partial charge in [-0.15, -0.1) is 0 Å². The first-order chi connectivity index (χ1) is 13.2. The average molecular weight is 480 g/mol. The number of esters is 1. The van der Waals surface area contributed by atoms with Crippen LogP contribution in [0.2, 0.25) is 0 Å². The normalized spacial score (nSPS) is 20.8. The van der Waals surface area contributed by atoms with Crippen LogP contribution in [0, 0.1) is 5.41 Å². The highest BCUT2D eigenvalue weighted by Gasteiger charge is 2.65. The number of sulfonamides is 1. The van der Waals surface area contributed by atoms with Gasteiger partial charge in [-0.3, -0.25) is 4.79 Å². The molecule has 0 saturated carbocycles. The van der Waals surface area contributed by atoms with E-state index in [1.54, 1.807) is 20.8 Å².